The molecule has 5 amide bonds. The van der Waals surface area contributed by atoms with Gasteiger partial charge in [0.05, 0.1) is 0 Å². The zero-order valence-corrected chi connectivity index (χ0v) is 17.8. The van der Waals surface area contributed by atoms with Crippen LogP contribution in [0.3, 0.4) is 0 Å². The number of nitrogens with zero attached hydrogens (tertiary/aromatic N) is 2. The number of hydrogen-bond acceptors (Lipinski definition) is 4. The number of carbonyl (C=O) groups is 4. The van der Waals surface area contributed by atoms with Gasteiger partial charge in [-0.15, -0.1) is 0 Å². The predicted molar refractivity (Wildman–Crippen MR) is 116 cm³/mol. The van der Waals surface area contributed by atoms with Crippen molar-refractivity contribution in [3.05, 3.63) is 65.7 Å². The lowest BCUT2D eigenvalue weighted by Gasteiger charge is -2.22. The fraction of sp³-hybridized carbons (Fsp3) is 0.304. The zero-order chi connectivity index (χ0) is 22.6. The third-order valence-electron chi connectivity index (χ3n) is 5.39. The minimum atomic E-state index is -1.22. The van der Waals surface area contributed by atoms with Crippen molar-refractivity contribution in [2.75, 3.05) is 25.0 Å². The summed E-state index contributed by atoms with van der Waals surface area (Å²) in [7, 11) is 0. The van der Waals surface area contributed by atoms with E-state index in [-0.39, 0.29) is 5.91 Å². The SMILES string of the molecule is CCN(CC)C(=O)c1ccc(NC(=O)CN2C(=O)NC(C)(c3ccccc3)C2=O)cc1. The fourth-order valence-corrected chi connectivity index (χ4v) is 3.54. The van der Waals surface area contributed by atoms with Crippen LogP contribution in [0.25, 0.3) is 0 Å². The molecular formula is C23H26N4O4. The van der Waals surface area contributed by atoms with E-state index in [1.807, 2.05) is 19.9 Å². The smallest absolute Gasteiger partial charge is 0.325 e. The highest BCUT2D eigenvalue weighted by molar-refractivity contribution is 6.10. The molecule has 2 aromatic rings. The first-order valence-corrected chi connectivity index (χ1v) is 10.2. The Labute approximate surface area is 181 Å². The average molecular weight is 422 g/mol. The van der Waals surface area contributed by atoms with E-state index in [0.29, 0.717) is 29.9 Å². The highest BCUT2D eigenvalue weighted by atomic mass is 16.2. The van der Waals surface area contributed by atoms with Gasteiger partial charge in [-0.25, -0.2) is 4.79 Å². The second-order valence-electron chi connectivity index (χ2n) is 7.42. The van der Waals surface area contributed by atoms with Crippen LogP contribution in [-0.4, -0.2) is 53.2 Å². The molecule has 31 heavy (non-hydrogen) atoms. The van der Waals surface area contributed by atoms with Gasteiger partial charge in [-0.2, -0.15) is 0 Å². The topological polar surface area (TPSA) is 98.8 Å². The lowest BCUT2D eigenvalue weighted by molar-refractivity contribution is -0.133. The van der Waals surface area contributed by atoms with Crippen LogP contribution in [0.1, 0.15) is 36.7 Å². The first kappa shape index (κ1) is 22.0. The summed E-state index contributed by atoms with van der Waals surface area (Å²) in [6.45, 7) is 6.26. The highest BCUT2D eigenvalue weighted by Gasteiger charge is 2.49. The van der Waals surface area contributed by atoms with Gasteiger partial charge in [-0.05, 0) is 50.6 Å². The summed E-state index contributed by atoms with van der Waals surface area (Å²) in [6, 6.07) is 14.8. The molecule has 1 saturated heterocycles. The van der Waals surface area contributed by atoms with Gasteiger partial charge in [-0.3, -0.25) is 19.3 Å². The third kappa shape index (κ3) is 4.42. The fourth-order valence-electron chi connectivity index (χ4n) is 3.54. The molecule has 0 bridgehead atoms. The van der Waals surface area contributed by atoms with E-state index in [1.165, 1.54) is 0 Å². The quantitative estimate of drug-likeness (QED) is 0.670. The van der Waals surface area contributed by atoms with Gasteiger partial charge in [0.1, 0.15) is 12.1 Å². The van der Waals surface area contributed by atoms with Gasteiger partial charge in [-0.1, -0.05) is 30.3 Å². The molecule has 8 nitrogen and oxygen atoms in total. The minimum absolute atomic E-state index is 0.0811. The number of urea groups is 1. The summed E-state index contributed by atoms with van der Waals surface area (Å²) < 4.78 is 0. The summed E-state index contributed by atoms with van der Waals surface area (Å²) in [4.78, 5) is 52.7. The largest absolute Gasteiger partial charge is 0.339 e. The van der Waals surface area contributed by atoms with Gasteiger partial charge in [0.2, 0.25) is 5.91 Å². The number of hydrogen-bond donors (Lipinski definition) is 2. The van der Waals surface area contributed by atoms with Crippen molar-refractivity contribution in [3.63, 3.8) is 0 Å². The van der Waals surface area contributed by atoms with E-state index < -0.39 is 29.9 Å². The second kappa shape index (κ2) is 8.99. The van der Waals surface area contributed by atoms with Crippen molar-refractivity contribution in [2.45, 2.75) is 26.3 Å². The van der Waals surface area contributed by atoms with Gasteiger partial charge in [0.15, 0.2) is 0 Å². The van der Waals surface area contributed by atoms with E-state index in [9.17, 15) is 19.2 Å². The predicted octanol–water partition coefficient (Wildman–Crippen LogP) is 2.57. The van der Waals surface area contributed by atoms with E-state index in [4.69, 9.17) is 0 Å². The van der Waals surface area contributed by atoms with Crippen molar-refractivity contribution >= 4 is 29.4 Å². The van der Waals surface area contributed by atoms with Crippen LogP contribution in [0.5, 0.6) is 0 Å². The van der Waals surface area contributed by atoms with Crippen LogP contribution in [0.2, 0.25) is 0 Å². The van der Waals surface area contributed by atoms with Crippen LogP contribution in [-0.2, 0) is 15.1 Å². The van der Waals surface area contributed by atoms with Gasteiger partial charge in [0, 0.05) is 24.3 Å². The second-order valence-corrected chi connectivity index (χ2v) is 7.42. The molecule has 162 valence electrons. The van der Waals surface area contributed by atoms with E-state index in [2.05, 4.69) is 10.6 Å². The number of benzene rings is 2. The van der Waals surface area contributed by atoms with Crippen molar-refractivity contribution in [1.82, 2.24) is 15.1 Å². The number of rotatable bonds is 7. The molecule has 1 heterocycles. The van der Waals surface area contributed by atoms with Crippen molar-refractivity contribution in [1.29, 1.82) is 0 Å². The lowest BCUT2D eigenvalue weighted by Crippen LogP contribution is -2.42. The molecule has 2 N–H and O–H groups in total. The van der Waals surface area contributed by atoms with Crippen molar-refractivity contribution in [3.8, 4) is 0 Å². The van der Waals surface area contributed by atoms with Crippen molar-refractivity contribution in [2.24, 2.45) is 0 Å². The van der Waals surface area contributed by atoms with E-state index in [1.54, 1.807) is 60.4 Å². The minimum Gasteiger partial charge on any atom is -0.339 e. The Morgan fingerprint density at radius 1 is 1.00 bits per heavy atom. The van der Waals surface area contributed by atoms with Gasteiger partial charge in [0.25, 0.3) is 11.8 Å². The normalized spacial score (nSPS) is 18.0. The molecule has 1 aliphatic rings. The summed E-state index contributed by atoms with van der Waals surface area (Å²) in [5, 5.41) is 5.34. The molecule has 8 heteroatoms. The molecule has 1 aliphatic heterocycles. The molecule has 0 spiro atoms. The van der Waals surface area contributed by atoms with Crippen LogP contribution < -0.4 is 10.6 Å². The number of nitrogens with one attached hydrogen (secondary N) is 2. The maximum atomic E-state index is 12.9. The molecule has 0 aromatic heterocycles. The van der Waals surface area contributed by atoms with Crippen LogP contribution in [0.15, 0.2) is 54.6 Å². The van der Waals surface area contributed by atoms with Gasteiger partial charge >= 0.3 is 6.03 Å². The Morgan fingerprint density at radius 3 is 2.19 bits per heavy atom. The number of amides is 5. The van der Waals surface area contributed by atoms with E-state index >= 15 is 0 Å². The molecule has 1 unspecified atom stereocenters. The van der Waals surface area contributed by atoms with E-state index in [0.717, 1.165) is 4.90 Å². The Kier molecular flexibility index (Phi) is 6.39. The lowest BCUT2D eigenvalue weighted by atomic mass is 9.92. The van der Waals surface area contributed by atoms with Gasteiger partial charge < -0.3 is 15.5 Å². The Hall–Kier alpha value is -3.68. The zero-order valence-electron chi connectivity index (χ0n) is 17.8. The highest BCUT2D eigenvalue weighted by Crippen LogP contribution is 2.28. The molecule has 0 radical (unpaired) electrons. The van der Waals surface area contributed by atoms with Crippen LogP contribution in [0, 0.1) is 0 Å². The number of imide groups is 1. The first-order valence-electron chi connectivity index (χ1n) is 10.2. The van der Waals surface area contributed by atoms with Crippen LogP contribution in [0.4, 0.5) is 10.5 Å². The monoisotopic (exact) mass is 422 g/mol. The summed E-state index contributed by atoms with van der Waals surface area (Å²) >= 11 is 0. The molecule has 1 atom stereocenters. The Morgan fingerprint density at radius 2 is 1.61 bits per heavy atom. The molecular weight excluding hydrogens is 396 g/mol. The van der Waals surface area contributed by atoms with Crippen LogP contribution >= 0.6 is 0 Å². The molecule has 2 aromatic carbocycles. The molecule has 3 rings (SSSR count). The standard InChI is InChI=1S/C23H26N4O4/c1-4-26(5-2)20(29)16-11-13-18(14-12-16)24-19(28)15-27-21(30)23(3,25-22(27)31)17-9-7-6-8-10-17/h6-14H,4-5,15H2,1-3H3,(H,24,28)(H,25,31). The Bertz CT molecular complexity index is 986. The average Bonchev–Trinajstić information content (AvgIpc) is 2.99. The maximum absolute atomic E-state index is 12.9. The summed E-state index contributed by atoms with van der Waals surface area (Å²) in [6.07, 6.45) is 0. The molecule has 0 aliphatic carbocycles. The molecule has 0 saturated carbocycles. The Balaban J connectivity index is 1.65. The summed E-state index contributed by atoms with van der Waals surface area (Å²) in [5.74, 6) is -1.08. The summed E-state index contributed by atoms with van der Waals surface area (Å²) in [5.41, 5.74) is 0.420. The number of anilines is 1. The molecule has 1 fully saturated rings. The first-order chi connectivity index (χ1) is 14.8. The maximum Gasteiger partial charge on any atom is 0.325 e. The number of carbonyl (C=O) groups excluding carboxylic acids is 4. The van der Waals surface area contributed by atoms with Crippen molar-refractivity contribution < 1.29 is 19.2 Å². The third-order valence-corrected chi connectivity index (χ3v) is 5.39.